The van der Waals surface area contributed by atoms with Crippen LogP contribution in [0, 0.1) is 5.92 Å². The number of rotatable bonds is 15. The molecule has 56 heavy (non-hydrogen) atoms. The average molecular weight is 794 g/mol. The van der Waals surface area contributed by atoms with E-state index in [1.54, 1.807) is 76.4 Å². The molecule has 0 aromatic heterocycles. The second-order valence-electron chi connectivity index (χ2n) is 15.8. The molecule has 2 heterocycles. The van der Waals surface area contributed by atoms with Gasteiger partial charge in [0.2, 0.25) is 5.91 Å². The van der Waals surface area contributed by atoms with Crippen molar-refractivity contribution in [3.05, 3.63) is 78.0 Å². The molecular weight excluding hydrogens is 739 g/mol. The highest BCUT2D eigenvalue weighted by Gasteiger charge is 2.53. The number of aliphatic hydroxyl groups excluding tert-OH is 1. The standard InChI is InChI=1S/C40H55N5O10Si/c1-12-19-53-38(50)34(47)31(23(2)3)41-35(48)25(5)42-43-27-15-13-26(14-16-27)22-54-39(51)45-30-18-17-28(52-9)20-29(30)36(49)44-21-24(4)33(46)32(44)37(45)55-56(10,11)40(6,7)8/h12-18,20-21,23,25,31-33,37,42-43,46H,1,19,22H2,2-11H3,(H,41,48)/t25?,31?,32-,33?,37-/m0/s1. The number of benzene rings is 2. The van der Waals surface area contributed by atoms with E-state index in [1.807, 2.05) is 13.1 Å². The maximum Gasteiger partial charge on any atom is 0.416 e. The summed E-state index contributed by atoms with van der Waals surface area (Å²) in [5.41, 5.74) is 8.05. The number of carbonyl (C=O) groups is 5. The van der Waals surface area contributed by atoms with Crippen molar-refractivity contribution < 1.29 is 47.7 Å². The summed E-state index contributed by atoms with van der Waals surface area (Å²) >= 11 is 0. The Kier molecular flexibility index (Phi) is 13.9. The van der Waals surface area contributed by atoms with E-state index in [9.17, 15) is 29.1 Å². The third kappa shape index (κ3) is 9.67. The van der Waals surface area contributed by atoms with E-state index in [0.717, 1.165) is 0 Å². The van der Waals surface area contributed by atoms with Gasteiger partial charge in [-0.2, -0.15) is 0 Å². The summed E-state index contributed by atoms with van der Waals surface area (Å²) in [4.78, 5) is 68.7. The van der Waals surface area contributed by atoms with Crippen molar-refractivity contribution in [1.82, 2.24) is 15.6 Å². The first kappa shape index (κ1) is 43.7. The molecule has 0 fully saturated rings. The van der Waals surface area contributed by atoms with Gasteiger partial charge in [-0.25, -0.2) is 19.9 Å². The maximum atomic E-state index is 14.3. The normalized spacial score (nSPS) is 19.2. The van der Waals surface area contributed by atoms with E-state index in [2.05, 4.69) is 43.5 Å². The summed E-state index contributed by atoms with van der Waals surface area (Å²) in [6.45, 7) is 20.2. The third-order valence-corrected chi connectivity index (χ3v) is 14.7. The SMILES string of the molecule is C=CCOC(=O)C(=O)C(NC(=O)C(C)NNc1ccc(COC(=O)N2c3ccc(OC)cc3C(=O)N3C=C(C)C(O)[C@H]3[C@@H]2O[Si](C)(C)C(C)(C)C)cc1)C(C)C. The van der Waals surface area contributed by atoms with Crippen LogP contribution in [0.25, 0.3) is 0 Å². The Morgan fingerprint density at radius 2 is 1.70 bits per heavy atom. The molecule has 15 nitrogen and oxygen atoms in total. The first-order valence-corrected chi connectivity index (χ1v) is 21.4. The first-order chi connectivity index (χ1) is 26.2. The van der Waals surface area contributed by atoms with E-state index in [0.29, 0.717) is 22.6 Å². The molecule has 0 spiro atoms. The highest BCUT2D eigenvalue weighted by molar-refractivity contribution is 6.74. The molecule has 16 heteroatoms. The van der Waals surface area contributed by atoms with Crippen LogP contribution in [0.5, 0.6) is 5.75 Å². The van der Waals surface area contributed by atoms with Gasteiger partial charge in [0.1, 0.15) is 43.2 Å². The van der Waals surface area contributed by atoms with Crippen LogP contribution >= 0.6 is 0 Å². The zero-order valence-corrected chi connectivity index (χ0v) is 34.8. The molecule has 2 aliphatic heterocycles. The molecule has 3 unspecified atom stereocenters. The van der Waals surface area contributed by atoms with Crippen molar-refractivity contribution >= 4 is 49.4 Å². The van der Waals surface area contributed by atoms with Gasteiger partial charge in [0.05, 0.1) is 18.4 Å². The van der Waals surface area contributed by atoms with E-state index in [-0.39, 0.29) is 35.4 Å². The van der Waals surface area contributed by atoms with Crippen molar-refractivity contribution in [3.8, 4) is 5.75 Å². The van der Waals surface area contributed by atoms with Gasteiger partial charge < -0.3 is 39.4 Å². The van der Waals surface area contributed by atoms with Gasteiger partial charge in [0.15, 0.2) is 14.5 Å². The number of aliphatic hydroxyl groups is 1. The Bertz CT molecular complexity index is 1840. The molecule has 2 aliphatic rings. The van der Waals surface area contributed by atoms with Crippen molar-refractivity contribution in [3.63, 3.8) is 0 Å². The fourth-order valence-corrected chi connectivity index (χ4v) is 7.05. The molecule has 0 aliphatic carbocycles. The number of nitrogens with one attached hydrogen (secondary N) is 3. The number of ether oxygens (including phenoxy) is 3. The second-order valence-corrected chi connectivity index (χ2v) is 20.5. The number of nitrogens with zero attached hydrogens (tertiary/aromatic N) is 2. The molecule has 0 saturated carbocycles. The number of methoxy groups -OCH3 is 1. The average Bonchev–Trinajstić information content (AvgIpc) is 3.40. The summed E-state index contributed by atoms with van der Waals surface area (Å²) in [5, 5.41) is 13.8. The van der Waals surface area contributed by atoms with Gasteiger partial charge in [0, 0.05) is 11.9 Å². The number of esters is 1. The number of fused-ring (bicyclic) bond motifs is 2. The van der Waals surface area contributed by atoms with Gasteiger partial charge in [0.25, 0.3) is 11.7 Å². The monoisotopic (exact) mass is 793 g/mol. The summed E-state index contributed by atoms with van der Waals surface area (Å²) in [6.07, 6.45) is -0.0287. The molecule has 0 bridgehead atoms. The Morgan fingerprint density at radius 1 is 1.04 bits per heavy atom. The minimum atomic E-state index is -2.64. The molecule has 3 amide bonds. The molecule has 5 atom stereocenters. The van der Waals surface area contributed by atoms with Crippen molar-refractivity contribution in [1.29, 1.82) is 0 Å². The van der Waals surface area contributed by atoms with Gasteiger partial charge >= 0.3 is 12.1 Å². The van der Waals surface area contributed by atoms with Crippen LogP contribution in [0.3, 0.4) is 0 Å². The number of Topliss-reactive ketones (excluding diaryl/α,β-unsaturated/α-hetero) is 1. The quantitative estimate of drug-likeness (QED) is 0.0621. The molecule has 0 radical (unpaired) electrons. The summed E-state index contributed by atoms with van der Waals surface area (Å²) in [7, 11) is -1.15. The number of hydrogen-bond acceptors (Lipinski definition) is 12. The minimum absolute atomic E-state index is 0.119. The van der Waals surface area contributed by atoms with Crippen molar-refractivity contribution in [2.24, 2.45) is 5.92 Å². The lowest BCUT2D eigenvalue weighted by atomic mass is 9.99. The van der Waals surface area contributed by atoms with Gasteiger partial charge in [-0.1, -0.05) is 59.4 Å². The second kappa shape index (κ2) is 17.8. The Hall–Kier alpha value is -5.03. The summed E-state index contributed by atoms with van der Waals surface area (Å²) < 4.78 is 23.1. The van der Waals surface area contributed by atoms with Crippen LogP contribution in [0.4, 0.5) is 16.2 Å². The fourth-order valence-electron chi connectivity index (χ4n) is 5.85. The minimum Gasteiger partial charge on any atom is -0.497 e. The molecule has 4 rings (SSSR count). The summed E-state index contributed by atoms with van der Waals surface area (Å²) in [6, 6.07) is 8.89. The lowest BCUT2D eigenvalue weighted by molar-refractivity contribution is -0.154. The zero-order chi connectivity index (χ0) is 41.7. The van der Waals surface area contributed by atoms with Crippen molar-refractivity contribution in [2.45, 2.75) is 104 Å². The number of anilines is 2. The number of amides is 3. The van der Waals surface area contributed by atoms with Crippen LogP contribution in [-0.2, 0) is 34.9 Å². The molecule has 0 saturated heterocycles. The molecular formula is C40H55N5O10Si. The van der Waals surface area contributed by atoms with Crippen LogP contribution in [0.2, 0.25) is 18.1 Å². The third-order valence-electron chi connectivity index (χ3n) is 10.3. The van der Waals surface area contributed by atoms with Crippen LogP contribution in [0.1, 0.15) is 64.4 Å². The lowest BCUT2D eigenvalue weighted by Crippen LogP contribution is -2.60. The topological polar surface area (TPSA) is 185 Å². The predicted molar refractivity (Wildman–Crippen MR) is 213 cm³/mol. The largest absolute Gasteiger partial charge is 0.497 e. The lowest BCUT2D eigenvalue weighted by Gasteiger charge is -2.45. The number of hydrogen-bond donors (Lipinski definition) is 4. The van der Waals surface area contributed by atoms with Gasteiger partial charge in [-0.3, -0.25) is 14.4 Å². The smallest absolute Gasteiger partial charge is 0.416 e. The number of hydrazine groups is 1. The van der Waals surface area contributed by atoms with E-state index < -0.39 is 68.4 Å². The van der Waals surface area contributed by atoms with Crippen LogP contribution in [-0.4, -0.2) is 92.2 Å². The highest BCUT2D eigenvalue weighted by Crippen LogP contribution is 2.43. The van der Waals surface area contributed by atoms with E-state index >= 15 is 0 Å². The molecule has 2 aromatic rings. The van der Waals surface area contributed by atoms with E-state index in [1.165, 1.54) is 23.0 Å². The number of ketones is 1. The molecule has 304 valence electrons. The predicted octanol–water partition coefficient (Wildman–Crippen LogP) is 5.03. The Labute approximate surface area is 329 Å². The Morgan fingerprint density at radius 3 is 2.29 bits per heavy atom. The number of carbonyl (C=O) groups excluding carboxylic acids is 5. The van der Waals surface area contributed by atoms with Gasteiger partial charge in [-0.15, -0.1) is 0 Å². The Balaban J connectivity index is 1.50. The first-order valence-electron chi connectivity index (χ1n) is 18.5. The maximum absolute atomic E-state index is 14.3. The van der Waals surface area contributed by atoms with Crippen molar-refractivity contribution in [2.75, 3.05) is 24.0 Å². The molecule has 2 aromatic carbocycles. The van der Waals surface area contributed by atoms with Gasteiger partial charge in [-0.05, 0) is 79.4 Å². The zero-order valence-electron chi connectivity index (χ0n) is 33.8. The summed E-state index contributed by atoms with van der Waals surface area (Å²) in [5.74, 6) is -2.80. The van der Waals surface area contributed by atoms with Crippen LogP contribution in [0.15, 0.2) is 66.9 Å². The van der Waals surface area contributed by atoms with Crippen LogP contribution < -0.4 is 25.8 Å². The highest BCUT2D eigenvalue weighted by atomic mass is 28.4. The fraction of sp³-hybridized carbons (Fsp3) is 0.475. The molecule has 4 N–H and O–H groups in total. The van der Waals surface area contributed by atoms with E-state index in [4.69, 9.17) is 18.6 Å².